The average molecular weight is 273 g/mol. The van der Waals surface area contributed by atoms with Crippen molar-refractivity contribution in [2.24, 2.45) is 0 Å². The number of halogens is 1. The van der Waals surface area contributed by atoms with Crippen molar-refractivity contribution in [3.63, 3.8) is 0 Å². The second kappa shape index (κ2) is 6.61. The molecule has 0 aliphatic rings. The number of benzene rings is 2. The third kappa shape index (κ3) is 4.48. The summed E-state index contributed by atoms with van der Waals surface area (Å²) in [4.78, 5) is 11.6. The second-order valence-electron chi connectivity index (χ2n) is 3.87. The summed E-state index contributed by atoms with van der Waals surface area (Å²) in [5.74, 6) is -0.223. The van der Waals surface area contributed by atoms with Crippen LogP contribution in [-0.2, 0) is 4.79 Å². The fourth-order valence-electron chi connectivity index (χ4n) is 1.44. The molecule has 0 radical (unpaired) electrons. The maximum atomic E-state index is 11.6. The molecule has 0 aliphatic heterocycles. The van der Waals surface area contributed by atoms with Crippen molar-refractivity contribution in [3.8, 4) is 0 Å². The standard InChI is InChI=1S/C15H13ClN2O/c16-13-7-9-14(10-8-13)17-18-15(19)11-6-12-4-2-1-3-5-12/h1-11,17H,(H,18,19). The van der Waals surface area contributed by atoms with Crippen LogP contribution in [0.3, 0.4) is 0 Å². The van der Waals surface area contributed by atoms with E-state index in [1.165, 1.54) is 6.08 Å². The van der Waals surface area contributed by atoms with Crippen LogP contribution in [0.1, 0.15) is 5.56 Å². The zero-order chi connectivity index (χ0) is 13.5. The van der Waals surface area contributed by atoms with Gasteiger partial charge >= 0.3 is 0 Å². The smallest absolute Gasteiger partial charge is 0.262 e. The van der Waals surface area contributed by atoms with Gasteiger partial charge in [-0.2, -0.15) is 0 Å². The van der Waals surface area contributed by atoms with Gasteiger partial charge in [-0.1, -0.05) is 41.9 Å². The van der Waals surface area contributed by atoms with E-state index < -0.39 is 0 Å². The van der Waals surface area contributed by atoms with E-state index in [2.05, 4.69) is 10.9 Å². The number of carbonyl (C=O) groups excluding carboxylic acids is 1. The first-order valence-electron chi connectivity index (χ1n) is 5.79. The Morgan fingerprint density at radius 3 is 2.37 bits per heavy atom. The molecule has 1 amide bonds. The molecule has 0 saturated carbocycles. The summed E-state index contributed by atoms with van der Waals surface area (Å²) < 4.78 is 0. The quantitative estimate of drug-likeness (QED) is 0.661. The summed E-state index contributed by atoms with van der Waals surface area (Å²) in [6.07, 6.45) is 3.22. The minimum Gasteiger partial charge on any atom is -0.298 e. The van der Waals surface area contributed by atoms with E-state index >= 15 is 0 Å². The lowest BCUT2D eigenvalue weighted by Crippen LogP contribution is -2.27. The fraction of sp³-hybridized carbons (Fsp3) is 0. The number of anilines is 1. The van der Waals surface area contributed by atoms with E-state index in [1.54, 1.807) is 30.3 Å². The summed E-state index contributed by atoms with van der Waals surface area (Å²) in [5.41, 5.74) is 7.11. The summed E-state index contributed by atoms with van der Waals surface area (Å²) in [6, 6.07) is 16.7. The molecule has 96 valence electrons. The number of hydrogen-bond acceptors (Lipinski definition) is 2. The normalized spacial score (nSPS) is 10.4. The Kier molecular flexibility index (Phi) is 4.59. The van der Waals surface area contributed by atoms with Crippen LogP contribution in [0.4, 0.5) is 5.69 Å². The van der Waals surface area contributed by atoms with Crippen LogP contribution < -0.4 is 10.9 Å². The van der Waals surface area contributed by atoms with E-state index in [0.29, 0.717) is 5.02 Å². The molecule has 0 bridgehead atoms. The first kappa shape index (κ1) is 13.2. The van der Waals surface area contributed by atoms with Crippen molar-refractivity contribution < 1.29 is 4.79 Å². The molecule has 3 nitrogen and oxygen atoms in total. The lowest BCUT2D eigenvalue weighted by Gasteiger charge is -2.06. The van der Waals surface area contributed by atoms with Crippen molar-refractivity contribution in [2.45, 2.75) is 0 Å². The first-order valence-corrected chi connectivity index (χ1v) is 6.16. The molecule has 19 heavy (non-hydrogen) atoms. The van der Waals surface area contributed by atoms with E-state index in [-0.39, 0.29) is 5.91 Å². The van der Waals surface area contributed by atoms with E-state index in [1.807, 2.05) is 30.3 Å². The monoisotopic (exact) mass is 272 g/mol. The summed E-state index contributed by atoms with van der Waals surface area (Å²) in [7, 11) is 0. The van der Waals surface area contributed by atoms with E-state index in [4.69, 9.17) is 11.6 Å². The number of nitrogens with one attached hydrogen (secondary N) is 2. The summed E-state index contributed by atoms with van der Waals surface area (Å²) >= 11 is 5.77. The number of amides is 1. The van der Waals surface area contributed by atoms with Gasteiger partial charge in [-0.25, -0.2) is 0 Å². The molecule has 0 unspecified atom stereocenters. The SMILES string of the molecule is O=C(C=Cc1ccccc1)NNc1ccc(Cl)cc1. The highest BCUT2D eigenvalue weighted by molar-refractivity contribution is 6.30. The van der Waals surface area contributed by atoms with Gasteiger partial charge in [-0.05, 0) is 35.9 Å². The Balaban J connectivity index is 1.85. The highest BCUT2D eigenvalue weighted by Gasteiger charge is 1.95. The summed E-state index contributed by atoms with van der Waals surface area (Å²) in [6.45, 7) is 0. The van der Waals surface area contributed by atoms with Crippen molar-refractivity contribution in [1.82, 2.24) is 5.43 Å². The van der Waals surface area contributed by atoms with Crippen LogP contribution in [0, 0.1) is 0 Å². The molecule has 2 rings (SSSR count). The van der Waals surface area contributed by atoms with Gasteiger partial charge in [0.25, 0.3) is 5.91 Å². The summed E-state index contributed by atoms with van der Waals surface area (Å²) in [5, 5.41) is 0.654. The van der Waals surface area contributed by atoms with Gasteiger partial charge in [0.2, 0.25) is 0 Å². The predicted octanol–water partition coefficient (Wildman–Crippen LogP) is 3.50. The van der Waals surface area contributed by atoms with Gasteiger partial charge in [-0.15, -0.1) is 0 Å². The number of rotatable bonds is 4. The Morgan fingerprint density at radius 1 is 1.00 bits per heavy atom. The molecule has 0 spiro atoms. The Labute approximate surface area is 116 Å². The Morgan fingerprint density at radius 2 is 1.68 bits per heavy atom. The molecule has 0 fully saturated rings. The van der Waals surface area contributed by atoms with Crippen LogP contribution in [0.15, 0.2) is 60.7 Å². The molecular formula is C15H13ClN2O. The second-order valence-corrected chi connectivity index (χ2v) is 4.30. The average Bonchev–Trinajstić information content (AvgIpc) is 2.45. The number of hydrazine groups is 1. The minimum atomic E-state index is -0.223. The largest absolute Gasteiger partial charge is 0.298 e. The topological polar surface area (TPSA) is 41.1 Å². The van der Waals surface area contributed by atoms with Gasteiger partial charge in [0, 0.05) is 11.1 Å². The minimum absolute atomic E-state index is 0.223. The maximum absolute atomic E-state index is 11.6. The van der Waals surface area contributed by atoms with Gasteiger partial charge in [0.1, 0.15) is 0 Å². The van der Waals surface area contributed by atoms with Crippen molar-refractivity contribution in [3.05, 3.63) is 71.3 Å². The molecule has 0 aromatic heterocycles. The van der Waals surface area contributed by atoms with Crippen molar-refractivity contribution >= 4 is 29.3 Å². The zero-order valence-corrected chi connectivity index (χ0v) is 10.9. The van der Waals surface area contributed by atoms with Crippen molar-refractivity contribution in [1.29, 1.82) is 0 Å². The first-order chi connectivity index (χ1) is 9.24. The van der Waals surface area contributed by atoms with Crippen LogP contribution >= 0.6 is 11.6 Å². The molecule has 0 atom stereocenters. The van der Waals surface area contributed by atoms with Crippen LogP contribution in [-0.4, -0.2) is 5.91 Å². The number of hydrogen-bond donors (Lipinski definition) is 2. The molecule has 0 saturated heterocycles. The van der Waals surface area contributed by atoms with Gasteiger partial charge in [0.15, 0.2) is 0 Å². The molecule has 0 heterocycles. The fourth-order valence-corrected chi connectivity index (χ4v) is 1.57. The molecule has 4 heteroatoms. The van der Waals surface area contributed by atoms with Gasteiger partial charge in [-0.3, -0.25) is 15.6 Å². The lowest BCUT2D eigenvalue weighted by atomic mass is 10.2. The third-order valence-electron chi connectivity index (χ3n) is 2.40. The zero-order valence-electron chi connectivity index (χ0n) is 10.1. The van der Waals surface area contributed by atoms with Gasteiger partial charge in [0.05, 0.1) is 5.69 Å². The maximum Gasteiger partial charge on any atom is 0.262 e. The predicted molar refractivity (Wildman–Crippen MR) is 78.7 cm³/mol. The molecular weight excluding hydrogens is 260 g/mol. The molecule has 0 aliphatic carbocycles. The highest BCUT2D eigenvalue weighted by Crippen LogP contribution is 2.12. The molecule has 2 N–H and O–H groups in total. The van der Waals surface area contributed by atoms with Crippen LogP contribution in [0.2, 0.25) is 5.02 Å². The Bertz CT molecular complexity index is 564. The lowest BCUT2D eigenvalue weighted by molar-refractivity contribution is -0.115. The Hall–Kier alpha value is -2.26. The molecule has 2 aromatic carbocycles. The van der Waals surface area contributed by atoms with Crippen LogP contribution in [0.25, 0.3) is 6.08 Å². The number of carbonyl (C=O) groups is 1. The van der Waals surface area contributed by atoms with E-state index in [9.17, 15) is 4.79 Å². The third-order valence-corrected chi connectivity index (χ3v) is 2.65. The highest BCUT2D eigenvalue weighted by atomic mass is 35.5. The van der Waals surface area contributed by atoms with Crippen LogP contribution in [0.5, 0.6) is 0 Å². The van der Waals surface area contributed by atoms with E-state index in [0.717, 1.165) is 11.3 Å². The van der Waals surface area contributed by atoms with Gasteiger partial charge < -0.3 is 0 Å². The van der Waals surface area contributed by atoms with Crippen molar-refractivity contribution in [2.75, 3.05) is 5.43 Å². The molecule has 2 aromatic rings.